The molecule has 0 radical (unpaired) electrons. The van der Waals surface area contributed by atoms with Gasteiger partial charge in [-0.25, -0.2) is 0 Å². The van der Waals surface area contributed by atoms with Crippen molar-refractivity contribution in [1.29, 1.82) is 0 Å². The van der Waals surface area contributed by atoms with Gasteiger partial charge in [0.1, 0.15) is 11.9 Å². The van der Waals surface area contributed by atoms with Gasteiger partial charge in [0, 0.05) is 17.0 Å². The molecule has 3 nitrogen and oxygen atoms in total. The zero-order valence-electron chi connectivity index (χ0n) is 11.0. The lowest BCUT2D eigenvalue weighted by molar-refractivity contribution is -0.0354. The SMILES string of the molecule is [O-]N1CC[C@]23c4c5cccc4OC2CCC[C@H]3[C@H]1C5. The number of rotatable bonds is 0. The third kappa shape index (κ3) is 1.09. The first kappa shape index (κ1) is 10.7. The van der Waals surface area contributed by atoms with Crippen LogP contribution in [0.25, 0.3) is 0 Å². The number of hydrogen-bond acceptors (Lipinski definition) is 3. The van der Waals surface area contributed by atoms with E-state index in [4.69, 9.17) is 4.74 Å². The van der Waals surface area contributed by atoms with Gasteiger partial charge in [-0.3, -0.25) is 0 Å². The predicted molar refractivity (Wildman–Crippen MR) is 72.1 cm³/mol. The highest BCUT2D eigenvalue weighted by Gasteiger charge is 2.61. The maximum absolute atomic E-state index is 12.3. The summed E-state index contributed by atoms with van der Waals surface area (Å²) >= 11 is 0. The van der Waals surface area contributed by atoms with Crippen molar-refractivity contribution in [3.8, 4) is 5.75 Å². The van der Waals surface area contributed by atoms with Crippen LogP contribution >= 0.6 is 0 Å². The summed E-state index contributed by atoms with van der Waals surface area (Å²) in [6.45, 7) is 0.689. The number of benzene rings is 1. The predicted octanol–water partition coefficient (Wildman–Crippen LogP) is 2.61. The van der Waals surface area contributed by atoms with Gasteiger partial charge in [0.15, 0.2) is 0 Å². The van der Waals surface area contributed by atoms with Gasteiger partial charge in [0.2, 0.25) is 0 Å². The van der Waals surface area contributed by atoms with Crippen LogP contribution in [0.5, 0.6) is 5.75 Å². The summed E-state index contributed by atoms with van der Waals surface area (Å²) in [6.07, 6.45) is 5.83. The van der Waals surface area contributed by atoms with E-state index in [0.717, 1.165) is 25.0 Å². The standard InChI is InChI=1S/C16H18NO2/c18-17-8-7-16-11-4-2-6-14(16)19-13-5-1-3-10(15(13)16)9-12(11)17/h1,3,5,11-12,14H,2,4,6-9H2/q-1/t11-,12+,14?,16+/m0/s1. The van der Waals surface area contributed by atoms with Crippen molar-refractivity contribution in [2.24, 2.45) is 5.92 Å². The second-order valence-corrected chi connectivity index (χ2v) is 6.64. The Hall–Kier alpha value is -1.06. The molecular formula is C16H18NO2-. The van der Waals surface area contributed by atoms with Crippen LogP contribution in [0.4, 0.5) is 0 Å². The lowest BCUT2D eigenvalue weighted by Gasteiger charge is -2.60. The Labute approximate surface area is 113 Å². The Morgan fingerprint density at radius 3 is 3.21 bits per heavy atom. The molecule has 2 fully saturated rings. The fraction of sp³-hybridized carbons (Fsp3) is 0.625. The Bertz CT molecular complexity index is 558. The Morgan fingerprint density at radius 2 is 2.26 bits per heavy atom. The first-order valence-corrected chi connectivity index (χ1v) is 7.53. The number of piperidine rings is 1. The van der Waals surface area contributed by atoms with Gasteiger partial charge in [-0.15, -0.1) is 0 Å². The average molecular weight is 256 g/mol. The number of ether oxygens (including phenoxy) is 1. The second-order valence-electron chi connectivity index (χ2n) is 6.64. The number of hydrogen-bond donors (Lipinski definition) is 0. The van der Waals surface area contributed by atoms with Crippen molar-refractivity contribution < 1.29 is 4.74 Å². The summed E-state index contributed by atoms with van der Waals surface area (Å²) in [5.41, 5.74) is 3.03. The van der Waals surface area contributed by atoms with Gasteiger partial charge in [-0.05, 0) is 56.2 Å². The zero-order chi connectivity index (χ0) is 12.6. The minimum atomic E-state index is 0.175. The summed E-state index contributed by atoms with van der Waals surface area (Å²) in [5.74, 6) is 1.64. The summed E-state index contributed by atoms with van der Waals surface area (Å²) in [4.78, 5) is 0. The van der Waals surface area contributed by atoms with Gasteiger partial charge in [-0.1, -0.05) is 12.1 Å². The molecule has 2 aliphatic carbocycles. The number of hydroxylamine groups is 2. The van der Waals surface area contributed by atoms with E-state index >= 15 is 0 Å². The van der Waals surface area contributed by atoms with Crippen molar-refractivity contribution in [3.05, 3.63) is 34.5 Å². The molecule has 2 bridgehead atoms. The molecule has 100 valence electrons. The van der Waals surface area contributed by atoms with E-state index in [9.17, 15) is 5.21 Å². The van der Waals surface area contributed by atoms with Crippen molar-refractivity contribution in [3.63, 3.8) is 0 Å². The summed E-state index contributed by atoms with van der Waals surface area (Å²) in [6, 6.07) is 6.63. The first-order chi connectivity index (χ1) is 9.30. The van der Waals surface area contributed by atoms with Crippen molar-refractivity contribution in [2.75, 3.05) is 6.54 Å². The van der Waals surface area contributed by atoms with Crippen molar-refractivity contribution in [1.82, 2.24) is 5.06 Å². The van der Waals surface area contributed by atoms with Crippen LogP contribution in [0.2, 0.25) is 0 Å². The van der Waals surface area contributed by atoms with Crippen LogP contribution in [0.3, 0.4) is 0 Å². The molecule has 5 rings (SSSR count). The third-order valence-corrected chi connectivity index (χ3v) is 6.07. The van der Waals surface area contributed by atoms with Crippen LogP contribution < -0.4 is 4.74 Å². The molecule has 3 heteroatoms. The van der Waals surface area contributed by atoms with E-state index in [1.807, 2.05) is 0 Å². The first-order valence-electron chi connectivity index (χ1n) is 7.53. The van der Waals surface area contributed by atoms with Crippen LogP contribution in [0.15, 0.2) is 18.2 Å². The normalized spacial score (nSPS) is 42.7. The lowest BCUT2D eigenvalue weighted by atomic mass is 9.52. The van der Waals surface area contributed by atoms with Crippen molar-refractivity contribution in [2.45, 2.75) is 49.7 Å². The van der Waals surface area contributed by atoms with Gasteiger partial charge < -0.3 is 15.0 Å². The third-order valence-electron chi connectivity index (χ3n) is 6.07. The van der Waals surface area contributed by atoms with Gasteiger partial charge in [-0.2, -0.15) is 0 Å². The van der Waals surface area contributed by atoms with Crippen LogP contribution in [0, 0.1) is 11.1 Å². The average Bonchev–Trinajstić information content (AvgIpc) is 2.76. The molecular weight excluding hydrogens is 238 g/mol. The second kappa shape index (κ2) is 3.33. The van der Waals surface area contributed by atoms with Gasteiger partial charge >= 0.3 is 0 Å². The minimum Gasteiger partial charge on any atom is -0.785 e. The van der Waals surface area contributed by atoms with E-state index < -0.39 is 0 Å². The molecule has 4 aliphatic rings. The molecule has 1 saturated carbocycles. The lowest BCUT2D eigenvalue weighted by Crippen LogP contribution is -2.63. The molecule has 1 saturated heterocycles. The Morgan fingerprint density at radius 1 is 1.32 bits per heavy atom. The van der Waals surface area contributed by atoms with Crippen LogP contribution in [-0.4, -0.2) is 23.8 Å². The molecule has 1 aromatic rings. The highest BCUT2D eigenvalue weighted by Crippen LogP contribution is 2.61. The monoisotopic (exact) mass is 256 g/mol. The van der Waals surface area contributed by atoms with Crippen LogP contribution in [-0.2, 0) is 11.8 Å². The molecule has 1 aromatic carbocycles. The largest absolute Gasteiger partial charge is 0.785 e. The molecule has 0 aromatic heterocycles. The zero-order valence-corrected chi connectivity index (χ0v) is 11.0. The Kier molecular flexibility index (Phi) is 1.88. The molecule has 1 unspecified atom stereocenters. The molecule has 4 atom stereocenters. The maximum Gasteiger partial charge on any atom is 0.123 e. The van der Waals surface area contributed by atoms with Gasteiger partial charge in [0.05, 0.1) is 0 Å². The minimum absolute atomic E-state index is 0.175. The molecule has 19 heavy (non-hydrogen) atoms. The van der Waals surface area contributed by atoms with E-state index in [2.05, 4.69) is 18.2 Å². The van der Waals surface area contributed by atoms with Crippen LogP contribution in [0.1, 0.15) is 36.8 Å². The molecule has 2 aliphatic heterocycles. The quantitative estimate of drug-likeness (QED) is 0.715. The van der Waals surface area contributed by atoms with E-state index in [1.165, 1.54) is 29.0 Å². The molecule has 0 amide bonds. The summed E-state index contributed by atoms with van der Waals surface area (Å²) in [7, 11) is 0. The fourth-order valence-electron chi connectivity index (χ4n) is 5.45. The van der Waals surface area contributed by atoms with E-state index in [1.54, 1.807) is 0 Å². The van der Waals surface area contributed by atoms with Crippen molar-refractivity contribution >= 4 is 0 Å². The molecule has 1 spiro atoms. The van der Waals surface area contributed by atoms with E-state index in [-0.39, 0.29) is 11.5 Å². The van der Waals surface area contributed by atoms with Gasteiger partial charge in [0.25, 0.3) is 0 Å². The topological polar surface area (TPSA) is 35.5 Å². The highest BCUT2D eigenvalue weighted by molar-refractivity contribution is 5.54. The summed E-state index contributed by atoms with van der Waals surface area (Å²) < 4.78 is 6.29. The highest BCUT2D eigenvalue weighted by atomic mass is 16.5. The molecule has 0 N–H and O–H groups in total. The molecule has 2 heterocycles. The van der Waals surface area contributed by atoms with E-state index in [0.29, 0.717) is 18.6 Å². The summed E-state index contributed by atoms with van der Waals surface area (Å²) in [5, 5.41) is 13.6. The smallest absolute Gasteiger partial charge is 0.123 e. The fourth-order valence-corrected chi connectivity index (χ4v) is 5.45. The maximum atomic E-state index is 12.3. The Balaban J connectivity index is 1.81. The number of nitrogens with zero attached hydrogens (tertiary/aromatic N) is 1.